The van der Waals surface area contributed by atoms with Gasteiger partial charge in [-0.05, 0) is 55.0 Å². The van der Waals surface area contributed by atoms with Crippen molar-refractivity contribution in [2.75, 3.05) is 5.32 Å². The number of hydrogen-bond donors (Lipinski definition) is 1. The summed E-state index contributed by atoms with van der Waals surface area (Å²) >= 11 is 1.31. The number of aromatic nitrogens is 1. The van der Waals surface area contributed by atoms with Gasteiger partial charge in [0, 0.05) is 16.5 Å². The van der Waals surface area contributed by atoms with E-state index in [9.17, 15) is 13.6 Å². The summed E-state index contributed by atoms with van der Waals surface area (Å²) in [5.74, 6) is -0.688. The molecule has 0 aliphatic carbocycles. The SMILES string of the molecule is Cc1ccc(F)c(NC(=O)c2csc(-c3ccc(OCc4ccccc4F)cc3)n2)c1. The fourth-order valence-corrected chi connectivity index (χ4v) is 3.71. The van der Waals surface area contributed by atoms with Gasteiger partial charge in [-0.1, -0.05) is 24.3 Å². The molecule has 0 radical (unpaired) electrons. The summed E-state index contributed by atoms with van der Waals surface area (Å²) in [6.07, 6.45) is 0. The van der Waals surface area contributed by atoms with Gasteiger partial charge in [0.2, 0.25) is 0 Å². The molecule has 0 atom stereocenters. The average molecular weight is 436 g/mol. The zero-order valence-electron chi connectivity index (χ0n) is 16.6. The van der Waals surface area contributed by atoms with Crippen molar-refractivity contribution in [1.29, 1.82) is 0 Å². The van der Waals surface area contributed by atoms with E-state index in [1.165, 1.54) is 23.5 Å². The van der Waals surface area contributed by atoms with E-state index in [-0.39, 0.29) is 23.8 Å². The van der Waals surface area contributed by atoms with E-state index in [4.69, 9.17) is 4.74 Å². The molecule has 0 bridgehead atoms. The van der Waals surface area contributed by atoms with E-state index >= 15 is 0 Å². The molecule has 4 aromatic rings. The number of benzene rings is 3. The fourth-order valence-electron chi connectivity index (χ4n) is 2.90. The van der Waals surface area contributed by atoms with E-state index in [0.29, 0.717) is 16.3 Å². The van der Waals surface area contributed by atoms with E-state index < -0.39 is 11.7 Å². The zero-order valence-corrected chi connectivity index (χ0v) is 17.4. The second-order valence-corrected chi connectivity index (χ2v) is 7.74. The van der Waals surface area contributed by atoms with Crippen molar-refractivity contribution >= 4 is 22.9 Å². The van der Waals surface area contributed by atoms with Crippen LogP contribution in [0.5, 0.6) is 5.75 Å². The Morgan fingerprint density at radius 1 is 1.03 bits per heavy atom. The third-order valence-electron chi connectivity index (χ3n) is 4.56. The van der Waals surface area contributed by atoms with Crippen LogP contribution in [0.1, 0.15) is 21.6 Å². The van der Waals surface area contributed by atoms with E-state index in [2.05, 4.69) is 10.3 Å². The van der Waals surface area contributed by atoms with Crippen molar-refractivity contribution in [1.82, 2.24) is 4.98 Å². The first kappa shape index (κ1) is 20.7. The van der Waals surface area contributed by atoms with Gasteiger partial charge in [-0.3, -0.25) is 4.79 Å². The molecule has 0 unspecified atom stereocenters. The third kappa shape index (κ3) is 4.95. The van der Waals surface area contributed by atoms with Crippen molar-refractivity contribution in [3.8, 4) is 16.3 Å². The van der Waals surface area contributed by atoms with Gasteiger partial charge in [-0.2, -0.15) is 0 Å². The predicted octanol–water partition coefficient (Wildman–Crippen LogP) is 6.23. The summed E-state index contributed by atoms with van der Waals surface area (Å²) in [4.78, 5) is 16.8. The molecule has 3 aromatic carbocycles. The van der Waals surface area contributed by atoms with Crippen LogP contribution in [0.2, 0.25) is 0 Å². The Hall–Kier alpha value is -3.58. The molecule has 7 heteroatoms. The van der Waals surface area contributed by atoms with Gasteiger partial charge >= 0.3 is 0 Å². The summed E-state index contributed by atoms with van der Waals surface area (Å²) in [5.41, 5.74) is 2.46. The van der Waals surface area contributed by atoms with Crippen LogP contribution in [0.25, 0.3) is 10.6 Å². The molecular weight excluding hydrogens is 418 g/mol. The first-order valence-electron chi connectivity index (χ1n) is 9.49. The second-order valence-electron chi connectivity index (χ2n) is 6.88. The van der Waals surface area contributed by atoms with Gasteiger partial charge < -0.3 is 10.1 Å². The largest absolute Gasteiger partial charge is 0.489 e. The van der Waals surface area contributed by atoms with Crippen LogP contribution in [0.4, 0.5) is 14.5 Å². The quantitative estimate of drug-likeness (QED) is 0.390. The predicted molar refractivity (Wildman–Crippen MR) is 117 cm³/mol. The molecule has 4 rings (SSSR count). The first-order valence-corrected chi connectivity index (χ1v) is 10.4. The lowest BCUT2D eigenvalue weighted by molar-refractivity contribution is 0.102. The van der Waals surface area contributed by atoms with Gasteiger partial charge in [-0.15, -0.1) is 11.3 Å². The van der Waals surface area contributed by atoms with Crippen LogP contribution in [0.15, 0.2) is 72.1 Å². The molecule has 1 amide bonds. The van der Waals surface area contributed by atoms with Crippen molar-refractivity contribution in [2.24, 2.45) is 0 Å². The van der Waals surface area contributed by atoms with Crippen molar-refractivity contribution in [3.63, 3.8) is 0 Å². The Kier molecular flexibility index (Phi) is 6.04. The topological polar surface area (TPSA) is 51.2 Å². The molecule has 0 fully saturated rings. The van der Waals surface area contributed by atoms with Crippen LogP contribution in [-0.2, 0) is 6.61 Å². The molecule has 1 N–H and O–H groups in total. The molecule has 1 heterocycles. The minimum Gasteiger partial charge on any atom is -0.489 e. The van der Waals surface area contributed by atoms with E-state index in [1.54, 1.807) is 47.8 Å². The van der Waals surface area contributed by atoms with Gasteiger partial charge in [0.05, 0.1) is 5.69 Å². The van der Waals surface area contributed by atoms with E-state index in [1.807, 2.05) is 19.1 Å². The Balaban J connectivity index is 1.42. The second kappa shape index (κ2) is 9.06. The lowest BCUT2D eigenvalue weighted by atomic mass is 10.2. The fraction of sp³-hybridized carbons (Fsp3) is 0.0833. The number of nitrogens with one attached hydrogen (secondary N) is 1. The molecule has 0 aliphatic heterocycles. The number of carbonyl (C=O) groups is 1. The molecule has 0 saturated carbocycles. The summed E-state index contributed by atoms with van der Waals surface area (Å²) in [6.45, 7) is 1.95. The smallest absolute Gasteiger partial charge is 0.275 e. The molecule has 156 valence electrons. The summed E-state index contributed by atoms with van der Waals surface area (Å²) in [5, 5.41) is 4.83. The van der Waals surface area contributed by atoms with E-state index in [0.717, 1.165) is 11.1 Å². The number of anilines is 1. The summed E-state index contributed by atoms with van der Waals surface area (Å²) in [7, 11) is 0. The Labute approximate surface area is 182 Å². The molecule has 4 nitrogen and oxygen atoms in total. The molecule has 0 aliphatic rings. The standard InChI is InChI=1S/C24H18F2N2O2S/c1-15-6-11-20(26)21(12-15)27-23(29)22-14-31-24(28-22)16-7-9-18(10-8-16)30-13-17-4-2-3-5-19(17)25/h2-12,14H,13H2,1H3,(H,27,29). The van der Waals surface area contributed by atoms with Crippen molar-refractivity contribution in [3.05, 3.63) is 101 Å². The number of aryl methyl sites for hydroxylation is 1. The third-order valence-corrected chi connectivity index (χ3v) is 5.45. The maximum atomic E-state index is 13.9. The molecule has 0 spiro atoms. The molecule has 0 saturated heterocycles. The molecule has 31 heavy (non-hydrogen) atoms. The number of thiazole rings is 1. The number of hydrogen-bond acceptors (Lipinski definition) is 4. The molecular formula is C24H18F2N2O2S. The first-order chi connectivity index (χ1) is 15.0. The zero-order chi connectivity index (χ0) is 21.8. The van der Waals surface area contributed by atoms with Crippen LogP contribution >= 0.6 is 11.3 Å². The van der Waals surface area contributed by atoms with Gasteiger partial charge in [0.15, 0.2) is 0 Å². The number of halogens is 2. The minimum atomic E-state index is -0.500. The highest BCUT2D eigenvalue weighted by molar-refractivity contribution is 7.13. The minimum absolute atomic E-state index is 0.121. The lowest BCUT2D eigenvalue weighted by Crippen LogP contribution is -2.13. The van der Waals surface area contributed by atoms with Gasteiger partial charge in [-0.25, -0.2) is 13.8 Å². The van der Waals surface area contributed by atoms with Crippen LogP contribution < -0.4 is 10.1 Å². The summed E-state index contributed by atoms with van der Waals surface area (Å²) < 4.78 is 33.2. The maximum absolute atomic E-state index is 13.9. The van der Waals surface area contributed by atoms with Crippen molar-refractivity contribution < 1.29 is 18.3 Å². The monoisotopic (exact) mass is 436 g/mol. The Bertz CT molecular complexity index is 1220. The highest BCUT2D eigenvalue weighted by Crippen LogP contribution is 2.27. The van der Waals surface area contributed by atoms with Crippen LogP contribution in [0.3, 0.4) is 0 Å². The van der Waals surface area contributed by atoms with Gasteiger partial charge in [0.25, 0.3) is 5.91 Å². The average Bonchev–Trinajstić information content (AvgIpc) is 3.27. The highest BCUT2D eigenvalue weighted by Gasteiger charge is 2.14. The number of ether oxygens (including phenoxy) is 1. The number of carbonyl (C=O) groups excluding carboxylic acids is 1. The highest BCUT2D eigenvalue weighted by atomic mass is 32.1. The van der Waals surface area contributed by atoms with Crippen LogP contribution in [0, 0.1) is 18.6 Å². The van der Waals surface area contributed by atoms with Gasteiger partial charge in [0.1, 0.15) is 34.7 Å². The number of amides is 1. The molecule has 1 aromatic heterocycles. The Morgan fingerprint density at radius 3 is 2.58 bits per heavy atom. The normalized spacial score (nSPS) is 10.7. The lowest BCUT2D eigenvalue weighted by Gasteiger charge is -2.07. The maximum Gasteiger partial charge on any atom is 0.275 e. The Morgan fingerprint density at radius 2 is 1.81 bits per heavy atom. The van der Waals surface area contributed by atoms with Crippen molar-refractivity contribution in [2.45, 2.75) is 13.5 Å². The number of nitrogens with zero attached hydrogens (tertiary/aromatic N) is 1. The van der Waals surface area contributed by atoms with Crippen LogP contribution in [-0.4, -0.2) is 10.9 Å². The summed E-state index contributed by atoms with van der Waals surface area (Å²) in [6, 6.07) is 18.1. The number of rotatable bonds is 6.